The number of rotatable bonds is 7. The van der Waals surface area contributed by atoms with Crippen molar-refractivity contribution in [1.29, 1.82) is 0 Å². The molecule has 27 heavy (non-hydrogen) atoms. The molecular formula is C22H25N3O2. The van der Waals surface area contributed by atoms with E-state index in [-0.39, 0.29) is 5.56 Å². The van der Waals surface area contributed by atoms with Crippen LogP contribution in [0, 0.1) is 13.8 Å². The summed E-state index contributed by atoms with van der Waals surface area (Å²) < 4.78 is 0. The Morgan fingerprint density at radius 1 is 1.07 bits per heavy atom. The lowest BCUT2D eigenvalue weighted by Crippen LogP contribution is -2.15. The highest BCUT2D eigenvalue weighted by Crippen LogP contribution is 2.21. The van der Waals surface area contributed by atoms with E-state index in [1.165, 1.54) is 5.56 Å². The van der Waals surface area contributed by atoms with E-state index in [2.05, 4.69) is 15.3 Å². The predicted octanol–water partition coefficient (Wildman–Crippen LogP) is 3.73. The van der Waals surface area contributed by atoms with E-state index in [9.17, 15) is 9.90 Å². The first kappa shape index (κ1) is 18.7. The van der Waals surface area contributed by atoms with E-state index >= 15 is 0 Å². The molecule has 3 rings (SSSR count). The van der Waals surface area contributed by atoms with Gasteiger partial charge < -0.3 is 10.4 Å². The number of nitrogens with one attached hydrogen (secondary N) is 2. The van der Waals surface area contributed by atoms with Crippen LogP contribution in [0.1, 0.15) is 34.4 Å². The van der Waals surface area contributed by atoms with Crippen LogP contribution in [0.5, 0.6) is 5.75 Å². The molecule has 2 aromatic carbocycles. The van der Waals surface area contributed by atoms with E-state index in [0.717, 1.165) is 35.2 Å². The Labute approximate surface area is 159 Å². The molecule has 3 aromatic rings. The lowest BCUT2D eigenvalue weighted by atomic mass is 9.98. The SMILES string of the molecule is Cc1cc(O)cc(C)c1CCCNc1nc(Cc2ccccc2)cc(=O)[nH]1. The second-order valence-electron chi connectivity index (χ2n) is 6.84. The minimum absolute atomic E-state index is 0.149. The topological polar surface area (TPSA) is 78.0 Å². The molecule has 3 N–H and O–H groups in total. The Hall–Kier alpha value is -3.08. The van der Waals surface area contributed by atoms with E-state index in [0.29, 0.717) is 24.7 Å². The molecule has 0 radical (unpaired) electrons. The van der Waals surface area contributed by atoms with Gasteiger partial charge in [-0.3, -0.25) is 9.78 Å². The number of hydrogen-bond donors (Lipinski definition) is 3. The van der Waals surface area contributed by atoms with E-state index < -0.39 is 0 Å². The number of aromatic hydroxyl groups is 1. The average Bonchev–Trinajstić information content (AvgIpc) is 2.60. The van der Waals surface area contributed by atoms with Gasteiger partial charge in [0.1, 0.15) is 5.75 Å². The number of phenols is 1. The molecule has 0 aliphatic carbocycles. The third-order valence-electron chi connectivity index (χ3n) is 4.60. The van der Waals surface area contributed by atoms with Gasteiger partial charge in [0.05, 0.1) is 5.69 Å². The number of hydrogen-bond acceptors (Lipinski definition) is 4. The molecule has 0 aliphatic heterocycles. The monoisotopic (exact) mass is 363 g/mol. The molecule has 140 valence electrons. The van der Waals surface area contributed by atoms with Gasteiger partial charge in [-0.05, 0) is 61.1 Å². The highest BCUT2D eigenvalue weighted by Gasteiger charge is 2.06. The van der Waals surface area contributed by atoms with Gasteiger partial charge >= 0.3 is 0 Å². The summed E-state index contributed by atoms with van der Waals surface area (Å²) in [4.78, 5) is 19.2. The number of H-pyrrole nitrogens is 1. The molecule has 0 unspecified atom stereocenters. The van der Waals surface area contributed by atoms with Crippen molar-refractivity contribution in [2.24, 2.45) is 0 Å². The number of aromatic amines is 1. The van der Waals surface area contributed by atoms with E-state index in [1.807, 2.05) is 44.2 Å². The van der Waals surface area contributed by atoms with Gasteiger partial charge in [0.2, 0.25) is 5.95 Å². The van der Waals surface area contributed by atoms with Crippen LogP contribution in [0.15, 0.2) is 53.3 Å². The lowest BCUT2D eigenvalue weighted by molar-refractivity contribution is 0.474. The zero-order valence-electron chi connectivity index (χ0n) is 15.7. The Morgan fingerprint density at radius 2 is 1.78 bits per heavy atom. The molecular weight excluding hydrogens is 338 g/mol. The van der Waals surface area contributed by atoms with Crippen molar-refractivity contribution in [3.63, 3.8) is 0 Å². The second-order valence-corrected chi connectivity index (χ2v) is 6.84. The van der Waals surface area contributed by atoms with E-state index in [4.69, 9.17) is 0 Å². The Morgan fingerprint density at radius 3 is 2.48 bits per heavy atom. The quantitative estimate of drug-likeness (QED) is 0.559. The number of nitrogens with zero attached hydrogens (tertiary/aromatic N) is 1. The molecule has 0 amide bonds. The molecule has 0 saturated carbocycles. The zero-order chi connectivity index (χ0) is 19.2. The first-order valence-corrected chi connectivity index (χ1v) is 9.18. The van der Waals surface area contributed by atoms with Crippen molar-refractivity contribution in [2.75, 3.05) is 11.9 Å². The third kappa shape index (κ3) is 5.20. The lowest BCUT2D eigenvalue weighted by Gasteiger charge is -2.11. The van der Waals surface area contributed by atoms with Crippen LogP contribution in [0.2, 0.25) is 0 Å². The number of benzene rings is 2. The highest BCUT2D eigenvalue weighted by atomic mass is 16.3. The first-order valence-electron chi connectivity index (χ1n) is 9.18. The summed E-state index contributed by atoms with van der Waals surface area (Å²) in [6.07, 6.45) is 2.43. The number of aryl methyl sites for hydroxylation is 2. The van der Waals surface area contributed by atoms with Gasteiger partial charge in [0.25, 0.3) is 5.56 Å². The van der Waals surface area contributed by atoms with Crippen molar-refractivity contribution in [3.05, 3.63) is 86.8 Å². The first-order chi connectivity index (χ1) is 13.0. The van der Waals surface area contributed by atoms with E-state index in [1.54, 1.807) is 18.2 Å². The summed E-state index contributed by atoms with van der Waals surface area (Å²) in [6.45, 7) is 4.74. The summed E-state index contributed by atoms with van der Waals surface area (Å²) in [5, 5.41) is 12.9. The van der Waals surface area contributed by atoms with Gasteiger partial charge in [-0.2, -0.15) is 0 Å². The van der Waals surface area contributed by atoms with Crippen LogP contribution in [0.4, 0.5) is 5.95 Å². The van der Waals surface area contributed by atoms with Crippen LogP contribution in [0.25, 0.3) is 0 Å². The summed E-state index contributed by atoms with van der Waals surface area (Å²) in [7, 11) is 0. The normalized spacial score (nSPS) is 10.7. The predicted molar refractivity (Wildman–Crippen MR) is 108 cm³/mol. The van der Waals surface area contributed by atoms with Gasteiger partial charge in [0.15, 0.2) is 0 Å². The smallest absolute Gasteiger partial charge is 0.252 e. The average molecular weight is 363 g/mol. The molecule has 0 spiro atoms. The maximum atomic E-state index is 11.9. The van der Waals surface area contributed by atoms with Crippen molar-refractivity contribution in [3.8, 4) is 5.75 Å². The van der Waals surface area contributed by atoms with Gasteiger partial charge in [0, 0.05) is 19.0 Å². The molecule has 1 heterocycles. The zero-order valence-corrected chi connectivity index (χ0v) is 15.7. The molecule has 0 bridgehead atoms. The van der Waals surface area contributed by atoms with Crippen LogP contribution >= 0.6 is 0 Å². The van der Waals surface area contributed by atoms with Crippen LogP contribution in [0.3, 0.4) is 0 Å². The molecule has 0 aliphatic rings. The Balaban J connectivity index is 1.59. The van der Waals surface area contributed by atoms with Crippen molar-refractivity contribution < 1.29 is 5.11 Å². The fourth-order valence-corrected chi connectivity index (χ4v) is 3.32. The largest absolute Gasteiger partial charge is 0.508 e. The molecule has 0 fully saturated rings. The second kappa shape index (κ2) is 8.54. The maximum Gasteiger partial charge on any atom is 0.252 e. The number of aromatic nitrogens is 2. The highest BCUT2D eigenvalue weighted by molar-refractivity contribution is 5.40. The molecule has 5 heteroatoms. The molecule has 1 aromatic heterocycles. The van der Waals surface area contributed by atoms with Gasteiger partial charge in [-0.1, -0.05) is 30.3 Å². The molecule has 5 nitrogen and oxygen atoms in total. The Kier molecular flexibility index (Phi) is 5.91. The van der Waals surface area contributed by atoms with Gasteiger partial charge in [-0.15, -0.1) is 0 Å². The van der Waals surface area contributed by atoms with Crippen molar-refractivity contribution >= 4 is 5.95 Å². The number of phenolic OH excluding ortho intramolecular Hbond substituents is 1. The fraction of sp³-hybridized carbons (Fsp3) is 0.273. The minimum Gasteiger partial charge on any atom is -0.508 e. The van der Waals surface area contributed by atoms with Crippen LogP contribution in [-0.4, -0.2) is 21.6 Å². The maximum absolute atomic E-state index is 11.9. The van der Waals surface area contributed by atoms with Gasteiger partial charge in [-0.25, -0.2) is 4.98 Å². The minimum atomic E-state index is -0.149. The summed E-state index contributed by atoms with van der Waals surface area (Å²) in [5.74, 6) is 0.816. The number of anilines is 1. The summed E-state index contributed by atoms with van der Waals surface area (Å²) in [5.41, 5.74) is 5.18. The van der Waals surface area contributed by atoms with Crippen LogP contribution in [-0.2, 0) is 12.8 Å². The van der Waals surface area contributed by atoms with Crippen LogP contribution < -0.4 is 10.9 Å². The fourth-order valence-electron chi connectivity index (χ4n) is 3.32. The third-order valence-corrected chi connectivity index (χ3v) is 4.60. The Bertz CT molecular complexity index is 942. The van der Waals surface area contributed by atoms with Crippen molar-refractivity contribution in [2.45, 2.75) is 33.1 Å². The summed E-state index contributed by atoms with van der Waals surface area (Å²) in [6, 6.07) is 15.1. The molecule has 0 saturated heterocycles. The molecule has 0 atom stereocenters. The van der Waals surface area contributed by atoms with Crippen molar-refractivity contribution in [1.82, 2.24) is 9.97 Å². The summed E-state index contributed by atoms with van der Waals surface area (Å²) >= 11 is 0. The standard InChI is InChI=1S/C22H25N3O2/c1-15-11-19(26)12-16(2)20(15)9-6-10-23-22-24-18(14-21(27)25-22)13-17-7-4-3-5-8-17/h3-5,7-8,11-12,14,26H,6,9-10,13H2,1-2H3,(H2,23,24,25,27).